The number of benzene rings is 3. The van der Waals surface area contributed by atoms with Crippen LogP contribution in [0.1, 0.15) is 44.9 Å². The van der Waals surface area contributed by atoms with Gasteiger partial charge in [0.15, 0.2) is 11.6 Å². The Labute approximate surface area is 261 Å². The molecule has 4 aromatic rings. The van der Waals surface area contributed by atoms with Gasteiger partial charge in [0.2, 0.25) is 0 Å². The van der Waals surface area contributed by atoms with Crippen LogP contribution in [0.5, 0.6) is 5.75 Å². The zero-order valence-electron chi connectivity index (χ0n) is 25.7. The SMILES string of the molecule is C=C(CO[Si](c1ccccc1)(c1ccccc1)C(C)(C)C)C1=CCOC1CC/C(=C/c1ccc(O)c(F)c1)c1ccccn1. The normalized spacial score (nSPS) is 15.7. The maximum Gasteiger partial charge on any atom is 0.261 e. The van der Waals surface area contributed by atoms with E-state index >= 15 is 0 Å². The standard InChI is InChI=1S/C38H40FNO3Si/c1-28(27-43-44(38(2,3)4,31-13-7-5-8-14-31)32-15-9-6-10-16-32)33-22-24-42-37(33)21-19-30(35-17-11-12-23-40-35)25-29-18-20-36(41)34(39)26-29/h5-18,20,22-23,25-26,37,41H,1,19,21,24,27H2,2-4H3/b30-25-. The molecule has 0 spiro atoms. The number of rotatable bonds is 11. The van der Waals surface area contributed by atoms with Crippen molar-refractivity contribution in [2.24, 2.45) is 0 Å². The van der Waals surface area contributed by atoms with E-state index in [0.717, 1.165) is 22.4 Å². The maximum absolute atomic E-state index is 14.1. The molecular weight excluding hydrogens is 566 g/mol. The van der Waals surface area contributed by atoms with Gasteiger partial charge in [-0.25, -0.2) is 4.39 Å². The molecule has 3 aromatic carbocycles. The van der Waals surface area contributed by atoms with E-state index in [1.807, 2.05) is 36.4 Å². The lowest BCUT2D eigenvalue weighted by molar-refractivity contribution is 0.117. The van der Waals surface area contributed by atoms with Crippen molar-refractivity contribution in [2.75, 3.05) is 13.2 Å². The molecule has 5 rings (SSSR count). The van der Waals surface area contributed by atoms with E-state index < -0.39 is 14.1 Å². The maximum atomic E-state index is 14.1. The molecule has 0 saturated carbocycles. The number of phenolic OH excluding ortho intramolecular Hbond substituents is 1. The first-order chi connectivity index (χ1) is 21.2. The highest BCUT2D eigenvalue weighted by Crippen LogP contribution is 2.38. The van der Waals surface area contributed by atoms with Crippen molar-refractivity contribution in [1.29, 1.82) is 0 Å². The summed E-state index contributed by atoms with van der Waals surface area (Å²) in [5, 5.41) is 12.0. The number of allylic oxidation sites excluding steroid dienone is 1. The highest BCUT2D eigenvalue weighted by atomic mass is 28.4. The monoisotopic (exact) mass is 605 g/mol. The van der Waals surface area contributed by atoms with Gasteiger partial charge in [0, 0.05) is 6.20 Å². The molecule has 1 aromatic heterocycles. The van der Waals surface area contributed by atoms with Gasteiger partial charge < -0.3 is 14.3 Å². The lowest BCUT2D eigenvalue weighted by Gasteiger charge is -2.43. The summed E-state index contributed by atoms with van der Waals surface area (Å²) in [6.07, 6.45) is 7.00. The van der Waals surface area contributed by atoms with Crippen molar-refractivity contribution in [3.05, 3.63) is 144 Å². The predicted molar refractivity (Wildman–Crippen MR) is 180 cm³/mol. The lowest BCUT2D eigenvalue weighted by Crippen LogP contribution is -2.66. The number of ether oxygens (including phenoxy) is 1. The highest BCUT2D eigenvalue weighted by Gasteiger charge is 2.50. The topological polar surface area (TPSA) is 51.6 Å². The van der Waals surface area contributed by atoms with Crippen LogP contribution in [-0.4, -0.2) is 37.7 Å². The van der Waals surface area contributed by atoms with Crippen LogP contribution in [0.3, 0.4) is 0 Å². The fraction of sp³-hybridized carbons (Fsp3) is 0.237. The zero-order chi connectivity index (χ0) is 31.2. The number of phenols is 1. The fourth-order valence-electron chi connectivity index (χ4n) is 6.05. The summed E-state index contributed by atoms with van der Waals surface area (Å²) in [6, 6.07) is 31.4. The Morgan fingerprint density at radius 1 is 1.00 bits per heavy atom. The third-order valence-electron chi connectivity index (χ3n) is 8.22. The molecule has 0 amide bonds. The van der Waals surface area contributed by atoms with E-state index in [2.05, 4.69) is 86.9 Å². The summed E-state index contributed by atoms with van der Waals surface area (Å²) in [7, 11) is -2.71. The molecule has 6 heteroatoms. The van der Waals surface area contributed by atoms with Crippen molar-refractivity contribution in [1.82, 2.24) is 4.98 Å². The Morgan fingerprint density at radius 3 is 2.25 bits per heavy atom. The van der Waals surface area contributed by atoms with E-state index in [9.17, 15) is 9.50 Å². The molecule has 226 valence electrons. The van der Waals surface area contributed by atoms with Gasteiger partial charge >= 0.3 is 0 Å². The molecule has 2 heterocycles. The number of nitrogens with zero attached hydrogens (tertiary/aromatic N) is 1. The van der Waals surface area contributed by atoms with Crippen molar-refractivity contribution in [3.63, 3.8) is 0 Å². The van der Waals surface area contributed by atoms with E-state index in [4.69, 9.17) is 9.16 Å². The Hall–Kier alpha value is -4.10. The van der Waals surface area contributed by atoms with Crippen LogP contribution in [0, 0.1) is 5.82 Å². The summed E-state index contributed by atoms with van der Waals surface area (Å²) in [5.41, 5.74) is 4.42. The first-order valence-electron chi connectivity index (χ1n) is 15.0. The Balaban J connectivity index is 1.36. The van der Waals surface area contributed by atoms with E-state index in [0.29, 0.717) is 31.6 Å². The van der Waals surface area contributed by atoms with Crippen LogP contribution in [-0.2, 0) is 9.16 Å². The average Bonchev–Trinajstić information content (AvgIpc) is 3.51. The number of halogens is 1. The van der Waals surface area contributed by atoms with Crippen molar-refractivity contribution in [2.45, 2.75) is 44.8 Å². The van der Waals surface area contributed by atoms with Crippen LogP contribution in [0.15, 0.2) is 127 Å². The summed E-state index contributed by atoms with van der Waals surface area (Å²) in [5.74, 6) is -1.02. The third-order valence-corrected chi connectivity index (χ3v) is 13.2. The van der Waals surface area contributed by atoms with Crippen LogP contribution < -0.4 is 10.4 Å². The van der Waals surface area contributed by atoms with Crippen molar-refractivity contribution in [3.8, 4) is 5.75 Å². The Morgan fingerprint density at radius 2 is 1.66 bits per heavy atom. The number of aromatic hydroxyl groups is 1. The van der Waals surface area contributed by atoms with Crippen LogP contribution in [0.2, 0.25) is 5.04 Å². The van der Waals surface area contributed by atoms with Crippen molar-refractivity contribution < 1.29 is 18.7 Å². The number of hydrogen-bond acceptors (Lipinski definition) is 4. The molecule has 0 bridgehead atoms. The van der Waals surface area contributed by atoms with Gasteiger partial charge in [-0.2, -0.15) is 0 Å². The molecule has 0 radical (unpaired) electrons. The van der Waals surface area contributed by atoms with Crippen molar-refractivity contribution >= 4 is 30.3 Å². The molecule has 44 heavy (non-hydrogen) atoms. The molecule has 1 atom stereocenters. The molecule has 1 unspecified atom stereocenters. The smallest absolute Gasteiger partial charge is 0.261 e. The quantitative estimate of drug-likeness (QED) is 0.178. The van der Waals surface area contributed by atoms with Gasteiger partial charge in [-0.05, 0) is 80.9 Å². The van der Waals surface area contributed by atoms with E-state index in [-0.39, 0.29) is 16.9 Å². The molecule has 1 N–H and O–H groups in total. The average molecular weight is 606 g/mol. The number of pyridine rings is 1. The molecular formula is C38H40FNO3Si. The first kappa shape index (κ1) is 31.3. The van der Waals surface area contributed by atoms with Gasteiger partial charge in [0.25, 0.3) is 8.32 Å². The van der Waals surface area contributed by atoms with E-state index in [1.165, 1.54) is 22.5 Å². The number of hydrogen-bond donors (Lipinski definition) is 1. The highest BCUT2D eigenvalue weighted by molar-refractivity contribution is 6.99. The summed E-state index contributed by atoms with van der Waals surface area (Å²) in [4.78, 5) is 4.55. The second kappa shape index (κ2) is 13.7. The fourth-order valence-corrected chi connectivity index (χ4v) is 10.6. The van der Waals surface area contributed by atoms with Gasteiger partial charge in [-0.3, -0.25) is 4.98 Å². The molecule has 0 fully saturated rings. The third kappa shape index (κ3) is 6.83. The number of aromatic nitrogens is 1. The molecule has 0 saturated heterocycles. The predicted octanol–water partition coefficient (Wildman–Crippen LogP) is 7.71. The van der Waals surface area contributed by atoms with Gasteiger partial charge in [-0.15, -0.1) is 0 Å². The largest absolute Gasteiger partial charge is 0.505 e. The second-order valence-corrected chi connectivity index (χ2v) is 16.5. The molecule has 4 nitrogen and oxygen atoms in total. The lowest BCUT2D eigenvalue weighted by atomic mass is 9.95. The van der Waals surface area contributed by atoms with E-state index in [1.54, 1.807) is 12.3 Å². The summed E-state index contributed by atoms with van der Waals surface area (Å²) in [6.45, 7) is 12.2. The zero-order valence-corrected chi connectivity index (χ0v) is 26.7. The van der Waals surface area contributed by atoms with Crippen LogP contribution >= 0.6 is 0 Å². The minimum absolute atomic E-state index is 0.133. The van der Waals surface area contributed by atoms with Crippen LogP contribution in [0.25, 0.3) is 11.6 Å². The minimum Gasteiger partial charge on any atom is -0.505 e. The minimum atomic E-state index is -2.71. The second-order valence-electron chi connectivity index (χ2n) is 12.2. The summed E-state index contributed by atoms with van der Waals surface area (Å²) < 4.78 is 27.4. The first-order valence-corrected chi connectivity index (χ1v) is 16.9. The van der Waals surface area contributed by atoms with Gasteiger partial charge in [-0.1, -0.05) is 106 Å². The summed E-state index contributed by atoms with van der Waals surface area (Å²) >= 11 is 0. The molecule has 1 aliphatic rings. The Kier molecular flexibility index (Phi) is 9.74. The van der Waals surface area contributed by atoms with Gasteiger partial charge in [0.05, 0.1) is 25.0 Å². The van der Waals surface area contributed by atoms with Crippen LogP contribution in [0.4, 0.5) is 4.39 Å². The Bertz CT molecular complexity index is 1590. The molecule has 0 aliphatic carbocycles. The molecule has 1 aliphatic heterocycles. The van der Waals surface area contributed by atoms with Gasteiger partial charge in [0.1, 0.15) is 0 Å².